The predicted octanol–water partition coefficient (Wildman–Crippen LogP) is 0.411. The second-order valence-corrected chi connectivity index (χ2v) is 6.08. The number of carbonyl (C=O) groups excluding carboxylic acids is 2. The summed E-state index contributed by atoms with van der Waals surface area (Å²) in [6.45, 7) is 5.90. The van der Waals surface area contributed by atoms with E-state index in [1.807, 2.05) is 18.7 Å². The molecule has 0 aromatic carbocycles. The molecule has 1 unspecified atom stereocenters. The van der Waals surface area contributed by atoms with Gasteiger partial charge in [0.05, 0.1) is 0 Å². The zero-order valence-corrected chi connectivity index (χ0v) is 11.9. The second kappa shape index (κ2) is 6.75. The van der Waals surface area contributed by atoms with E-state index in [2.05, 4.69) is 5.32 Å². The van der Waals surface area contributed by atoms with Crippen molar-refractivity contribution in [3.8, 4) is 0 Å². The molecule has 0 spiro atoms. The fourth-order valence-electron chi connectivity index (χ4n) is 2.29. The van der Waals surface area contributed by atoms with Gasteiger partial charge in [-0.2, -0.15) is 0 Å². The Labute approximate surface area is 114 Å². The third-order valence-corrected chi connectivity index (χ3v) is 3.42. The first-order valence-electron chi connectivity index (χ1n) is 6.88. The molecule has 0 radical (unpaired) electrons. The Morgan fingerprint density at radius 1 is 1.42 bits per heavy atom. The Hall–Kier alpha value is -1.30. The number of nitrogens with one attached hydrogen (secondary N) is 1. The van der Waals surface area contributed by atoms with E-state index in [4.69, 9.17) is 11.5 Å². The fraction of sp³-hybridized carbons (Fsp3) is 0.846. The Morgan fingerprint density at radius 2 is 2.11 bits per heavy atom. The van der Waals surface area contributed by atoms with Gasteiger partial charge in [0.15, 0.2) is 0 Å². The minimum absolute atomic E-state index is 0.155. The standard InChI is InChI=1S/C13H26N4O2/c1-13(2,15)6-5-11(18)17-7-3-4-10(9-17)8-16-12(14)19/h10H,3-9,15H2,1-2H3,(H3,14,16,19). The van der Waals surface area contributed by atoms with Crippen LogP contribution in [0.2, 0.25) is 0 Å². The number of urea groups is 1. The Kier molecular flexibility index (Phi) is 5.60. The lowest BCUT2D eigenvalue weighted by molar-refractivity contribution is -0.133. The number of amides is 3. The van der Waals surface area contributed by atoms with Gasteiger partial charge < -0.3 is 21.7 Å². The topological polar surface area (TPSA) is 101 Å². The molecule has 6 nitrogen and oxygen atoms in total. The monoisotopic (exact) mass is 270 g/mol. The molecule has 0 saturated carbocycles. The molecule has 0 bridgehead atoms. The number of nitrogens with zero attached hydrogens (tertiary/aromatic N) is 1. The first-order valence-corrected chi connectivity index (χ1v) is 6.88. The van der Waals surface area contributed by atoms with Gasteiger partial charge in [0.1, 0.15) is 0 Å². The van der Waals surface area contributed by atoms with E-state index < -0.39 is 6.03 Å². The largest absolute Gasteiger partial charge is 0.352 e. The lowest BCUT2D eigenvalue weighted by Crippen LogP contribution is -2.45. The first kappa shape index (κ1) is 15.8. The maximum atomic E-state index is 12.1. The summed E-state index contributed by atoms with van der Waals surface area (Å²) in [5.74, 6) is 0.457. The van der Waals surface area contributed by atoms with Crippen molar-refractivity contribution in [2.24, 2.45) is 17.4 Å². The maximum Gasteiger partial charge on any atom is 0.312 e. The van der Waals surface area contributed by atoms with E-state index in [-0.39, 0.29) is 11.4 Å². The van der Waals surface area contributed by atoms with Crippen LogP contribution in [0.3, 0.4) is 0 Å². The van der Waals surface area contributed by atoms with Crippen molar-refractivity contribution in [1.82, 2.24) is 10.2 Å². The van der Waals surface area contributed by atoms with Crippen molar-refractivity contribution < 1.29 is 9.59 Å². The zero-order chi connectivity index (χ0) is 14.5. The van der Waals surface area contributed by atoms with Crippen molar-refractivity contribution in [1.29, 1.82) is 0 Å². The molecular weight excluding hydrogens is 244 g/mol. The van der Waals surface area contributed by atoms with E-state index in [9.17, 15) is 9.59 Å². The molecule has 1 heterocycles. The molecule has 1 aliphatic rings. The summed E-state index contributed by atoms with van der Waals surface area (Å²) >= 11 is 0. The van der Waals surface area contributed by atoms with Crippen LogP contribution in [0.4, 0.5) is 4.79 Å². The fourth-order valence-corrected chi connectivity index (χ4v) is 2.29. The summed E-state index contributed by atoms with van der Waals surface area (Å²) < 4.78 is 0. The summed E-state index contributed by atoms with van der Waals surface area (Å²) in [5, 5.41) is 2.61. The van der Waals surface area contributed by atoms with Gasteiger partial charge in [-0.15, -0.1) is 0 Å². The van der Waals surface area contributed by atoms with Gasteiger partial charge in [0, 0.05) is 31.6 Å². The summed E-state index contributed by atoms with van der Waals surface area (Å²) in [4.78, 5) is 24.7. The molecule has 1 atom stereocenters. The highest BCUT2D eigenvalue weighted by Crippen LogP contribution is 2.18. The number of carbonyl (C=O) groups is 2. The van der Waals surface area contributed by atoms with Gasteiger partial charge in [-0.3, -0.25) is 4.79 Å². The minimum atomic E-state index is -0.506. The molecule has 6 heteroatoms. The van der Waals surface area contributed by atoms with Gasteiger partial charge in [0.25, 0.3) is 0 Å². The highest BCUT2D eigenvalue weighted by Gasteiger charge is 2.24. The van der Waals surface area contributed by atoms with Crippen LogP contribution in [0.25, 0.3) is 0 Å². The number of likely N-dealkylation sites (tertiary alicyclic amines) is 1. The lowest BCUT2D eigenvalue weighted by Gasteiger charge is -2.33. The number of primary amides is 1. The molecule has 1 rings (SSSR count). The van der Waals surface area contributed by atoms with E-state index in [1.165, 1.54) is 0 Å². The van der Waals surface area contributed by atoms with Crippen LogP contribution in [0.1, 0.15) is 39.5 Å². The average Bonchev–Trinajstić information content (AvgIpc) is 2.33. The molecular formula is C13H26N4O2. The molecule has 110 valence electrons. The second-order valence-electron chi connectivity index (χ2n) is 6.08. The summed E-state index contributed by atoms with van der Waals surface area (Å²) in [5.41, 5.74) is 10.6. The van der Waals surface area contributed by atoms with Crippen LogP contribution >= 0.6 is 0 Å². The van der Waals surface area contributed by atoms with Crippen molar-refractivity contribution in [3.63, 3.8) is 0 Å². The normalized spacial score (nSPS) is 20.2. The minimum Gasteiger partial charge on any atom is -0.352 e. The highest BCUT2D eigenvalue weighted by atomic mass is 16.2. The molecule has 0 aromatic rings. The number of hydrogen-bond donors (Lipinski definition) is 3. The molecule has 0 aliphatic carbocycles. The summed E-state index contributed by atoms with van der Waals surface area (Å²) in [7, 11) is 0. The van der Waals surface area contributed by atoms with Crippen LogP contribution in [0.5, 0.6) is 0 Å². The Bertz CT molecular complexity index is 325. The first-order chi connectivity index (χ1) is 8.78. The van der Waals surface area contributed by atoms with E-state index in [0.29, 0.717) is 31.8 Å². The van der Waals surface area contributed by atoms with Gasteiger partial charge in [0.2, 0.25) is 5.91 Å². The van der Waals surface area contributed by atoms with Gasteiger partial charge >= 0.3 is 6.03 Å². The smallest absolute Gasteiger partial charge is 0.312 e. The Balaban J connectivity index is 2.37. The van der Waals surface area contributed by atoms with Crippen molar-refractivity contribution in [2.45, 2.75) is 45.1 Å². The van der Waals surface area contributed by atoms with Gasteiger partial charge in [-0.1, -0.05) is 0 Å². The van der Waals surface area contributed by atoms with Crippen LogP contribution in [-0.4, -0.2) is 42.0 Å². The quantitative estimate of drug-likeness (QED) is 0.674. The van der Waals surface area contributed by atoms with E-state index >= 15 is 0 Å². The van der Waals surface area contributed by atoms with Gasteiger partial charge in [-0.25, -0.2) is 4.79 Å². The maximum absolute atomic E-state index is 12.1. The summed E-state index contributed by atoms with van der Waals surface area (Å²) in [6.07, 6.45) is 3.17. The SMILES string of the molecule is CC(C)(N)CCC(=O)N1CCCC(CNC(N)=O)C1. The third-order valence-electron chi connectivity index (χ3n) is 3.42. The van der Waals surface area contributed by atoms with E-state index in [0.717, 1.165) is 19.4 Å². The van der Waals surface area contributed by atoms with Crippen LogP contribution in [-0.2, 0) is 4.79 Å². The van der Waals surface area contributed by atoms with Crippen LogP contribution in [0.15, 0.2) is 0 Å². The molecule has 1 fully saturated rings. The summed E-state index contributed by atoms with van der Waals surface area (Å²) in [6, 6.07) is -0.506. The average molecular weight is 270 g/mol. The Morgan fingerprint density at radius 3 is 2.68 bits per heavy atom. The van der Waals surface area contributed by atoms with Gasteiger partial charge in [-0.05, 0) is 39.0 Å². The van der Waals surface area contributed by atoms with Crippen LogP contribution < -0.4 is 16.8 Å². The molecule has 0 aromatic heterocycles. The van der Waals surface area contributed by atoms with Crippen molar-refractivity contribution >= 4 is 11.9 Å². The molecule has 5 N–H and O–H groups in total. The zero-order valence-electron chi connectivity index (χ0n) is 11.9. The lowest BCUT2D eigenvalue weighted by atomic mass is 9.96. The molecule has 1 aliphatic heterocycles. The number of rotatable bonds is 5. The number of hydrogen-bond acceptors (Lipinski definition) is 3. The number of nitrogens with two attached hydrogens (primary N) is 2. The molecule has 19 heavy (non-hydrogen) atoms. The predicted molar refractivity (Wildman–Crippen MR) is 74.4 cm³/mol. The molecule has 3 amide bonds. The van der Waals surface area contributed by atoms with Crippen LogP contribution in [0, 0.1) is 5.92 Å². The van der Waals surface area contributed by atoms with Crippen molar-refractivity contribution in [3.05, 3.63) is 0 Å². The number of piperidine rings is 1. The third kappa shape index (κ3) is 6.42. The van der Waals surface area contributed by atoms with E-state index in [1.54, 1.807) is 0 Å². The van der Waals surface area contributed by atoms with Crippen molar-refractivity contribution in [2.75, 3.05) is 19.6 Å². The molecule has 1 saturated heterocycles. The highest BCUT2D eigenvalue weighted by molar-refractivity contribution is 5.76.